The van der Waals surface area contributed by atoms with Crippen molar-refractivity contribution < 1.29 is 47.9 Å². The van der Waals surface area contributed by atoms with Gasteiger partial charge in [0.1, 0.15) is 29.0 Å². The smallest absolute Gasteiger partial charge is 0.333 e. The van der Waals surface area contributed by atoms with Crippen molar-refractivity contribution >= 4 is 11.8 Å². The molecule has 0 saturated carbocycles. The molecule has 2 bridgehead atoms. The van der Waals surface area contributed by atoms with E-state index in [1.54, 1.807) is 32.9 Å². The number of allylic oxidation sites excluding steroid dienone is 2. The van der Waals surface area contributed by atoms with Crippen molar-refractivity contribution in [1.29, 1.82) is 0 Å². The summed E-state index contributed by atoms with van der Waals surface area (Å²) >= 11 is 0. The SMILES string of the molecule is C/C=C(/C)C(=O)O[C@@H]1[C@@](C)(O)[C@@H](C)[C@@H]2O[C@@]13CC(OC)=C(OC)C(=O)[C@@]31COc3c4c(cc2c31)OCO4. The summed E-state index contributed by atoms with van der Waals surface area (Å²) in [7, 11) is 2.84. The number of rotatable bonds is 4. The molecule has 10 heteroatoms. The largest absolute Gasteiger partial charge is 0.497 e. The first-order chi connectivity index (χ1) is 17.6. The van der Waals surface area contributed by atoms with Crippen molar-refractivity contribution in [2.45, 2.75) is 62.9 Å². The number of Topliss-reactive ketones (excluding diaryl/α,β-unsaturated/α-hetero) is 1. The summed E-state index contributed by atoms with van der Waals surface area (Å²) in [6, 6.07) is 1.80. The predicted octanol–water partition coefficient (Wildman–Crippen LogP) is 2.61. The average molecular weight is 515 g/mol. The van der Waals surface area contributed by atoms with Gasteiger partial charge in [0.05, 0.1) is 20.3 Å². The van der Waals surface area contributed by atoms with Crippen molar-refractivity contribution in [3.63, 3.8) is 0 Å². The zero-order valence-electron chi connectivity index (χ0n) is 21.6. The molecule has 0 aromatic heterocycles. The van der Waals surface area contributed by atoms with E-state index < -0.39 is 46.5 Å². The predicted molar refractivity (Wildman–Crippen MR) is 126 cm³/mol. The molecule has 5 aliphatic rings. The van der Waals surface area contributed by atoms with E-state index >= 15 is 0 Å². The molecule has 1 N–H and O–H groups in total. The zero-order chi connectivity index (χ0) is 26.5. The van der Waals surface area contributed by atoms with Crippen LogP contribution in [0.4, 0.5) is 0 Å². The van der Waals surface area contributed by atoms with Crippen LogP contribution in [0.2, 0.25) is 0 Å². The average Bonchev–Trinajstić information content (AvgIpc) is 3.52. The van der Waals surface area contributed by atoms with E-state index in [-0.39, 0.29) is 31.3 Å². The molecular weight excluding hydrogens is 484 g/mol. The number of carbonyl (C=O) groups excluding carboxylic acids is 2. The molecule has 6 atom stereocenters. The number of methoxy groups -OCH3 is 2. The number of hydrogen-bond acceptors (Lipinski definition) is 10. The number of aliphatic hydroxyl groups is 1. The highest BCUT2D eigenvalue weighted by Crippen LogP contribution is 2.69. The van der Waals surface area contributed by atoms with Crippen LogP contribution in [0.3, 0.4) is 0 Å². The first-order valence-corrected chi connectivity index (χ1v) is 12.3. The van der Waals surface area contributed by atoms with Gasteiger partial charge in [-0.3, -0.25) is 4.79 Å². The Morgan fingerprint density at radius 3 is 2.62 bits per heavy atom. The molecule has 0 unspecified atom stereocenters. The van der Waals surface area contributed by atoms with Crippen LogP contribution in [0, 0.1) is 5.92 Å². The van der Waals surface area contributed by atoms with Crippen molar-refractivity contribution in [2.75, 3.05) is 27.6 Å². The van der Waals surface area contributed by atoms with E-state index in [4.69, 9.17) is 33.2 Å². The molecule has 1 aromatic carbocycles. The van der Waals surface area contributed by atoms with Gasteiger partial charge in [-0.1, -0.05) is 13.0 Å². The van der Waals surface area contributed by atoms with Crippen molar-refractivity contribution in [2.24, 2.45) is 5.92 Å². The van der Waals surface area contributed by atoms with E-state index in [0.717, 1.165) is 0 Å². The van der Waals surface area contributed by atoms with Crippen molar-refractivity contribution in [3.05, 3.63) is 40.4 Å². The van der Waals surface area contributed by atoms with Gasteiger partial charge in [0.2, 0.25) is 24.1 Å². The Kier molecular flexibility index (Phi) is 4.98. The quantitative estimate of drug-likeness (QED) is 0.474. The summed E-state index contributed by atoms with van der Waals surface area (Å²) in [5, 5.41) is 12.1. The molecule has 6 rings (SSSR count). The van der Waals surface area contributed by atoms with Crippen LogP contribution in [-0.2, 0) is 34.0 Å². The van der Waals surface area contributed by atoms with Gasteiger partial charge >= 0.3 is 5.97 Å². The Hall–Kier alpha value is -3.24. The highest BCUT2D eigenvalue weighted by molar-refractivity contribution is 6.07. The third kappa shape index (κ3) is 2.67. The maximum absolute atomic E-state index is 14.5. The normalized spacial score (nSPS) is 37.0. The lowest BCUT2D eigenvalue weighted by molar-refractivity contribution is -0.317. The van der Waals surface area contributed by atoms with Gasteiger partial charge in [-0.2, -0.15) is 0 Å². The molecule has 0 amide bonds. The van der Waals surface area contributed by atoms with Gasteiger partial charge < -0.3 is 38.3 Å². The Balaban J connectivity index is 1.69. The summed E-state index contributed by atoms with van der Waals surface area (Å²) in [5.41, 5.74) is -3.05. The molecule has 10 nitrogen and oxygen atoms in total. The number of fused-ring (bicyclic) bond motifs is 4. The molecule has 37 heavy (non-hydrogen) atoms. The minimum absolute atomic E-state index is 0.00129. The molecule has 2 spiro atoms. The van der Waals surface area contributed by atoms with Crippen LogP contribution in [0.15, 0.2) is 29.2 Å². The van der Waals surface area contributed by atoms with Gasteiger partial charge in [0.15, 0.2) is 17.6 Å². The van der Waals surface area contributed by atoms with Gasteiger partial charge in [0.25, 0.3) is 0 Å². The molecule has 198 valence electrons. The summed E-state index contributed by atoms with van der Waals surface area (Å²) in [6.07, 6.45) is -0.291. The van der Waals surface area contributed by atoms with Crippen molar-refractivity contribution in [3.8, 4) is 17.2 Å². The third-order valence-corrected chi connectivity index (χ3v) is 8.91. The van der Waals surface area contributed by atoms with Crippen LogP contribution in [0.25, 0.3) is 0 Å². The number of hydrogen-bond donors (Lipinski definition) is 1. The molecule has 1 aliphatic carbocycles. The van der Waals surface area contributed by atoms with Crippen LogP contribution in [0.1, 0.15) is 51.3 Å². The fourth-order valence-electron chi connectivity index (χ4n) is 6.68. The van der Waals surface area contributed by atoms with Gasteiger partial charge in [-0.25, -0.2) is 4.79 Å². The van der Waals surface area contributed by atoms with E-state index in [1.807, 2.05) is 6.92 Å². The summed E-state index contributed by atoms with van der Waals surface area (Å²) < 4.78 is 41.8. The standard InChI is InChI=1S/C27H30O10/c1-7-12(2)23(29)36-24-25(4,30)13(3)18-14-8-15-19(35-11-34-15)21-17(14)26(10-33-21)22(28)20(32-6)16(31-5)9-27(24,26)37-18/h7-8,13,18,24,30H,9-11H2,1-6H3/b12-7-/t13-,18-,24+,25-,26-,27-/m0/s1. The molecular formula is C27H30O10. The highest BCUT2D eigenvalue weighted by Gasteiger charge is 2.79. The van der Waals surface area contributed by atoms with Crippen LogP contribution in [-0.4, -0.2) is 61.8 Å². The third-order valence-electron chi connectivity index (χ3n) is 8.91. The number of benzene rings is 1. The van der Waals surface area contributed by atoms with Crippen LogP contribution < -0.4 is 14.2 Å². The molecule has 0 radical (unpaired) electrons. The monoisotopic (exact) mass is 514 g/mol. The fraction of sp³-hybridized carbons (Fsp3) is 0.556. The van der Waals surface area contributed by atoms with Gasteiger partial charge in [-0.15, -0.1) is 0 Å². The van der Waals surface area contributed by atoms with E-state index in [1.165, 1.54) is 14.2 Å². The van der Waals surface area contributed by atoms with Crippen LogP contribution >= 0.6 is 0 Å². The first kappa shape index (κ1) is 24.1. The fourth-order valence-corrected chi connectivity index (χ4v) is 6.68. The minimum atomic E-state index is -1.60. The molecule has 4 aliphatic heterocycles. The second-order valence-corrected chi connectivity index (χ2v) is 10.5. The number of ether oxygens (including phenoxy) is 7. The Bertz CT molecular complexity index is 1290. The van der Waals surface area contributed by atoms with E-state index in [2.05, 4.69) is 0 Å². The maximum Gasteiger partial charge on any atom is 0.333 e. The van der Waals surface area contributed by atoms with Gasteiger partial charge in [-0.05, 0) is 32.4 Å². The summed E-state index contributed by atoms with van der Waals surface area (Å²) in [5.74, 6) is -0.0349. The molecule has 1 fully saturated rings. The second-order valence-electron chi connectivity index (χ2n) is 10.5. The van der Waals surface area contributed by atoms with E-state index in [0.29, 0.717) is 33.9 Å². The number of esters is 1. The topological polar surface area (TPSA) is 119 Å². The lowest BCUT2D eigenvalue weighted by atomic mass is 9.50. The molecule has 4 heterocycles. The molecule has 1 aromatic rings. The second kappa shape index (κ2) is 7.64. The maximum atomic E-state index is 14.5. The van der Waals surface area contributed by atoms with E-state index in [9.17, 15) is 14.7 Å². The van der Waals surface area contributed by atoms with Crippen molar-refractivity contribution in [1.82, 2.24) is 0 Å². The Labute approximate surface area is 214 Å². The lowest BCUT2D eigenvalue weighted by Crippen LogP contribution is -2.78. The van der Waals surface area contributed by atoms with Gasteiger partial charge in [0, 0.05) is 23.5 Å². The molecule has 1 saturated heterocycles. The lowest BCUT2D eigenvalue weighted by Gasteiger charge is -2.64. The number of ketones is 1. The highest BCUT2D eigenvalue weighted by atomic mass is 16.7. The number of carbonyl (C=O) groups is 2. The summed E-state index contributed by atoms with van der Waals surface area (Å²) in [6.45, 7) is 6.68. The van der Waals surface area contributed by atoms with Crippen LogP contribution in [0.5, 0.6) is 17.2 Å². The Morgan fingerprint density at radius 2 is 1.95 bits per heavy atom. The first-order valence-electron chi connectivity index (χ1n) is 12.3. The zero-order valence-corrected chi connectivity index (χ0v) is 21.6. The summed E-state index contributed by atoms with van der Waals surface area (Å²) in [4.78, 5) is 27.6. The Morgan fingerprint density at radius 1 is 1.19 bits per heavy atom. The minimum Gasteiger partial charge on any atom is -0.497 e.